The summed E-state index contributed by atoms with van der Waals surface area (Å²) in [5.41, 5.74) is -0.0260. The lowest BCUT2D eigenvalue weighted by Gasteiger charge is -2.71. The maximum atomic E-state index is 13.2. The van der Waals surface area contributed by atoms with Gasteiger partial charge in [0.2, 0.25) is 0 Å². The van der Waals surface area contributed by atoms with E-state index in [4.69, 9.17) is 0 Å². The number of allylic oxidation sites excluding steroid dienone is 2. The number of fused-ring (bicyclic) bond motifs is 7. The molecule has 9 atom stereocenters. The SMILES string of the molecule is CC1(C)CC(C(=O)CO)[C@]2(C(=O)O)CC[C@]3(C)C(=CC[C@@H]4[C@@]5(C)CC[C@H](O)C(C)(C)C5CC[C@]43C)[C@H]2C1. The van der Waals surface area contributed by atoms with Gasteiger partial charge in [-0.3, -0.25) is 9.59 Å². The molecule has 5 nitrogen and oxygen atoms in total. The number of carboxylic acids is 1. The average Bonchev–Trinajstić information content (AvgIpc) is 2.80. The molecule has 0 spiro atoms. The van der Waals surface area contributed by atoms with Gasteiger partial charge < -0.3 is 15.3 Å². The lowest BCUT2D eigenvalue weighted by molar-refractivity contribution is -0.209. The van der Waals surface area contributed by atoms with E-state index in [-0.39, 0.29) is 44.9 Å². The fourth-order valence-corrected chi connectivity index (χ4v) is 11.4. The minimum absolute atomic E-state index is 0.0451. The van der Waals surface area contributed by atoms with E-state index in [0.717, 1.165) is 44.9 Å². The van der Waals surface area contributed by atoms with Crippen molar-refractivity contribution < 1.29 is 24.9 Å². The Bertz CT molecular complexity index is 1030. The van der Waals surface area contributed by atoms with Gasteiger partial charge in [-0.25, -0.2) is 0 Å². The van der Waals surface area contributed by atoms with E-state index in [9.17, 15) is 24.9 Å². The fraction of sp³-hybridized carbons (Fsp3) is 0.875. The summed E-state index contributed by atoms with van der Waals surface area (Å²) in [7, 11) is 0. The molecule has 5 aliphatic carbocycles. The van der Waals surface area contributed by atoms with Gasteiger partial charge in [-0.15, -0.1) is 0 Å². The normalized spacial score (nSPS) is 50.0. The van der Waals surface area contributed by atoms with Gasteiger partial charge >= 0.3 is 5.97 Å². The Morgan fingerprint density at radius 2 is 1.59 bits per heavy atom. The van der Waals surface area contributed by atoms with Gasteiger partial charge in [-0.1, -0.05) is 60.1 Å². The smallest absolute Gasteiger partial charge is 0.310 e. The standard InChI is InChI=1S/C32H50O5/c1-27(2)16-20-19-8-9-24-29(5)12-11-25(35)28(3,4)23(29)10-13-31(24,7)30(19,6)14-15-32(20,26(36)37)21(17-27)22(34)18-33/h8,20-21,23-25,33,35H,9-18H2,1-7H3,(H,36,37)/t20-,21?,23?,24-,25+,29+,30-,31-,32+/m1/s1. The van der Waals surface area contributed by atoms with Crippen LogP contribution in [-0.4, -0.2) is 39.8 Å². The van der Waals surface area contributed by atoms with Crippen LogP contribution in [0.15, 0.2) is 11.6 Å². The Hall–Kier alpha value is -1.20. The van der Waals surface area contributed by atoms with Gasteiger partial charge in [0.1, 0.15) is 6.61 Å². The molecule has 0 aliphatic heterocycles. The predicted molar refractivity (Wildman–Crippen MR) is 144 cm³/mol. The van der Waals surface area contributed by atoms with Gasteiger partial charge in [-0.05, 0) is 103 Å². The van der Waals surface area contributed by atoms with Crippen LogP contribution in [0.1, 0.15) is 106 Å². The first-order valence-electron chi connectivity index (χ1n) is 14.8. The summed E-state index contributed by atoms with van der Waals surface area (Å²) in [5, 5.41) is 31.5. The van der Waals surface area contributed by atoms with Gasteiger partial charge in [0.05, 0.1) is 11.5 Å². The Balaban J connectivity index is 1.63. The van der Waals surface area contributed by atoms with E-state index in [1.165, 1.54) is 5.57 Å². The summed E-state index contributed by atoms with van der Waals surface area (Å²) >= 11 is 0. The van der Waals surface area contributed by atoms with Crippen LogP contribution >= 0.6 is 0 Å². The molecular formula is C32H50O5. The number of Topliss-reactive ketones (excluding diaryl/α,β-unsaturated/α-hetero) is 1. The van der Waals surface area contributed by atoms with Crippen molar-refractivity contribution in [3.8, 4) is 0 Å². The van der Waals surface area contributed by atoms with Gasteiger partial charge in [0.15, 0.2) is 5.78 Å². The second kappa shape index (κ2) is 8.16. The van der Waals surface area contributed by atoms with Crippen LogP contribution in [0.4, 0.5) is 0 Å². The lowest BCUT2D eigenvalue weighted by atomic mass is 9.33. The van der Waals surface area contributed by atoms with Crippen LogP contribution in [-0.2, 0) is 9.59 Å². The van der Waals surface area contributed by atoms with Gasteiger partial charge in [0.25, 0.3) is 0 Å². The van der Waals surface area contributed by atoms with Crippen molar-refractivity contribution in [2.75, 3.05) is 6.61 Å². The molecule has 5 heteroatoms. The molecule has 3 N–H and O–H groups in total. The van der Waals surface area contributed by atoms with Crippen molar-refractivity contribution in [3.05, 3.63) is 11.6 Å². The maximum Gasteiger partial charge on any atom is 0.310 e. The number of hydrogen-bond donors (Lipinski definition) is 3. The highest BCUT2D eigenvalue weighted by molar-refractivity contribution is 5.90. The first-order valence-corrected chi connectivity index (χ1v) is 14.8. The van der Waals surface area contributed by atoms with E-state index < -0.39 is 23.9 Å². The molecule has 0 radical (unpaired) electrons. The number of aliphatic carboxylic acids is 1. The molecule has 0 aromatic rings. The zero-order valence-electron chi connectivity index (χ0n) is 24.2. The van der Waals surface area contributed by atoms with E-state index >= 15 is 0 Å². The number of ketones is 1. The van der Waals surface area contributed by atoms with Crippen LogP contribution in [0, 0.1) is 56.2 Å². The summed E-state index contributed by atoms with van der Waals surface area (Å²) in [6.07, 6.45) is 9.78. The predicted octanol–water partition coefficient (Wildman–Crippen LogP) is 6.02. The third-order valence-corrected chi connectivity index (χ3v) is 13.6. The molecule has 0 heterocycles. The largest absolute Gasteiger partial charge is 0.481 e. The van der Waals surface area contributed by atoms with Crippen molar-refractivity contribution in [1.82, 2.24) is 0 Å². The number of carbonyl (C=O) groups excluding carboxylic acids is 1. The highest BCUT2D eigenvalue weighted by atomic mass is 16.4. The van der Waals surface area contributed by atoms with Crippen molar-refractivity contribution in [2.24, 2.45) is 56.2 Å². The minimum Gasteiger partial charge on any atom is -0.481 e. The average molecular weight is 515 g/mol. The lowest BCUT2D eigenvalue weighted by Crippen LogP contribution is -2.66. The third kappa shape index (κ3) is 3.34. The molecule has 4 saturated carbocycles. The maximum absolute atomic E-state index is 13.2. The number of carbonyl (C=O) groups is 2. The van der Waals surface area contributed by atoms with Crippen molar-refractivity contribution in [1.29, 1.82) is 0 Å². The molecule has 2 unspecified atom stereocenters. The summed E-state index contributed by atoms with van der Waals surface area (Å²) in [4.78, 5) is 26.2. The van der Waals surface area contributed by atoms with Crippen LogP contribution in [0.3, 0.4) is 0 Å². The first kappa shape index (κ1) is 27.4. The highest BCUT2D eigenvalue weighted by Crippen LogP contribution is 2.76. The molecule has 5 rings (SSSR count). The van der Waals surface area contributed by atoms with Crippen LogP contribution in [0.25, 0.3) is 0 Å². The topological polar surface area (TPSA) is 94.8 Å². The van der Waals surface area contributed by atoms with Crippen LogP contribution < -0.4 is 0 Å². The van der Waals surface area contributed by atoms with E-state index in [2.05, 4.69) is 54.5 Å². The Morgan fingerprint density at radius 1 is 0.919 bits per heavy atom. The number of aliphatic hydroxyl groups is 2. The van der Waals surface area contributed by atoms with E-state index in [1.807, 2.05) is 0 Å². The van der Waals surface area contributed by atoms with E-state index in [1.54, 1.807) is 0 Å². The molecule has 5 aliphatic rings. The second-order valence-corrected chi connectivity index (χ2v) is 15.8. The summed E-state index contributed by atoms with van der Waals surface area (Å²) in [6, 6.07) is 0. The minimum atomic E-state index is -1.12. The van der Waals surface area contributed by atoms with Crippen molar-refractivity contribution in [3.63, 3.8) is 0 Å². The third-order valence-electron chi connectivity index (χ3n) is 13.6. The van der Waals surface area contributed by atoms with Gasteiger partial charge in [0, 0.05) is 5.92 Å². The van der Waals surface area contributed by atoms with Crippen LogP contribution in [0.2, 0.25) is 0 Å². The molecule has 0 aromatic carbocycles. The molecule has 37 heavy (non-hydrogen) atoms. The highest BCUT2D eigenvalue weighted by Gasteiger charge is 2.71. The first-order chi connectivity index (χ1) is 17.0. The van der Waals surface area contributed by atoms with Gasteiger partial charge in [-0.2, -0.15) is 0 Å². The monoisotopic (exact) mass is 514 g/mol. The quantitative estimate of drug-likeness (QED) is 0.400. The fourth-order valence-electron chi connectivity index (χ4n) is 11.4. The van der Waals surface area contributed by atoms with Crippen molar-refractivity contribution in [2.45, 2.75) is 112 Å². The molecule has 208 valence electrons. The molecule has 0 amide bonds. The van der Waals surface area contributed by atoms with Crippen LogP contribution in [0.5, 0.6) is 0 Å². The number of rotatable bonds is 3. The Labute approximate surface area is 223 Å². The molecule has 0 aromatic heterocycles. The number of aliphatic hydroxyl groups excluding tert-OH is 2. The Kier molecular flexibility index (Phi) is 6.04. The molecule has 0 bridgehead atoms. The molecular weight excluding hydrogens is 464 g/mol. The summed E-state index contributed by atoms with van der Waals surface area (Å²) < 4.78 is 0. The van der Waals surface area contributed by atoms with E-state index in [0.29, 0.717) is 24.7 Å². The zero-order chi connectivity index (χ0) is 27.4. The Morgan fingerprint density at radius 3 is 2.22 bits per heavy atom. The summed E-state index contributed by atoms with van der Waals surface area (Å²) in [6.45, 7) is 15.7. The summed E-state index contributed by atoms with van der Waals surface area (Å²) in [5.74, 6) is -1.02. The zero-order valence-corrected chi connectivity index (χ0v) is 24.2. The molecule has 4 fully saturated rings. The number of hydrogen-bond acceptors (Lipinski definition) is 4. The second-order valence-electron chi connectivity index (χ2n) is 15.8. The number of carboxylic acid groups (broad SMARTS) is 1. The van der Waals surface area contributed by atoms with Crippen molar-refractivity contribution >= 4 is 11.8 Å². The molecule has 0 saturated heterocycles.